The van der Waals surface area contributed by atoms with Gasteiger partial charge in [0.05, 0.1) is 5.38 Å². The number of hydrogen-bond donors (Lipinski definition) is 0. The Labute approximate surface area is 90.2 Å². The second kappa shape index (κ2) is 4.37. The summed E-state index contributed by atoms with van der Waals surface area (Å²) >= 11 is 5.93. The number of likely N-dealkylation sites (N-methyl/N-ethyl adjacent to an activating group) is 1. The highest BCUT2D eigenvalue weighted by Gasteiger charge is 2.21. The Morgan fingerprint density at radius 3 is 3.00 bits per heavy atom. The predicted molar refractivity (Wildman–Crippen MR) is 58.5 cm³/mol. The van der Waals surface area contributed by atoms with Gasteiger partial charge in [-0.15, -0.1) is 11.6 Å². The SMILES string of the molecule is CN1CC[C@H](OC2=CCC(Cl)C=C2)C1. The molecule has 1 aliphatic heterocycles. The monoisotopic (exact) mass is 213 g/mol. The van der Waals surface area contributed by atoms with Gasteiger partial charge in [-0.05, 0) is 32.0 Å². The van der Waals surface area contributed by atoms with E-state index in [-0.39, 0.29) is 5.38 Å². The maximum absolute atomic E-state index is 5.93. The minimum absolute atomic E-state index is 0.147. The van der Waals surface area contributed by atoms with Gasteiger partial charge in [-0.3, -0.25) is 0 Å². The van der Waals surface area contributed by atoms with Gasteiger partial charge < -0.3 is 9.64 Å². The molecule has 1 heterocycles. The van der Waals surface area contributed by atoms with Crippen molar-refractivity contribution in [1.82, 2.24) is 4.90 Å². The van der Waals surface area contributed by atoms with Crippen LogP contribution < -0.4 is 0 Å². The molecule has 78 valence electrons. The molecule has 0 aromatic rings. The van der Waals surface area contributed by atoms with Crippen molar-refractivity contribution in [2.45, 2.75) is 24.3 Å². The molecular weight excluding hydrogens is 198 g/mol. The lowest BCUT2D eigenvalue weighted by Gasteiger charge is -2.17. The zero-order valence-corrected chi connectivity index (χ0v) is 9.20. The van der Waals surface area contributed by atoms with Crippen LogP contribution in [-0.2, 0) is 4.74 Å². The van der Waals surface area contributed by atoms with E-state index in [9.17, 15) is 0 Å². The molecule has 0 N–H and O–H groups in total. The molecule has 3 heteroatoms. The third-order valence-corrected chi connectivity index (χ3v) is 2.99. The fourth-order valence-electron chi connectivity index (χ4n) is 1.85. The summed E-state index contributed by atoms with van der Waals surface area (Å²) in [6.45, 7) is 2.18. The number of ether oxygens (including phenoxy) is 1. The van der Waals surface area contributed by atoms with Crippen LogP contribution in [0.2, 0.25) is 0 Å². The van der Waals surface area contributed by atoms with Crippen LogP contribution in [0.4, 0.5) is 0 Å². The molecular formula is C11H16ClNO. The first-order valence-electron chi connectivity index (χ1n) is 5.11. The molecule has 0 radical (unpaired) electrons. The summed E-state index contributed by atoms with van der Waals surface area (Å²) in [5, 5.41) is 0.147. The van der Waals surface area contributed by atoms with Gasteiger partial charge in [0.25, 0.3) is 0 Å². The van der Waals surface area contributed by atoms with Crippen LogP contribution in [0.3, 0.4) is 0 Å². The van der Waals surface area contributed by atoms with Gasteiger partial charge >= 0.3 is 0 Å². The van der Waals surface area contributed by atoms with E-state index in [0.29, 0.717) is 6.10 Å². The Bertz CT molecular complexity index is 262. The van der Waals surface area contributed by atoms with Crippen molar-refractivity contribution in [3.8, 4) is 0 Å². The summed E-state index contributed by atoms with van der Waals surface area (Å²) in [6.07, 6.45) is 8.44. The second-order valence-corrected chi connectivity index (χ2v) is 4.57. The lowest BCUT2D eigenvalue weighted by atomic mass is 10.1. The number of likely N-dealkylation sites (tertiary alicyclic amines) is 1. The van der Waals surface area contributed by atoms with E-state index >= 15 is 0 Å². The normalized spacial score (nSPS) is 33.1. The van der Waals surface area contributed by atoms with Crippen molar-refractivity contribution in [2.24, 2.45) is 0 Å². The molecule has 1 unspecified atom stereocenters. The Morgan fingerprint density at radius 1 is 1.57 bits per heavy atom. The Balaban J connectivity index is 1.84. The fraction of sp³-hybridized carbons (Fsp3) is 0.636. The molecule has 0 amide bonds. The summed E-state index contributed by atoms with van der Waals surface area (Å²) in [6, 6.07) is 0. The van der Waals surface area contributed by atoms with Gasteiger partial charge in [-0.1, -0.05) is 6.08 Å². The molecule has 2 atom stereocenters. The third kappa shape index (κ3) is 2.52. The van der Waals surface area contributed by atoms with Crippen LogP contribution in [0.15, 0.2) is 24.0 Å². The van der Waals surface area contributed by atoms with Crippen molar-refractivity contribution in [3.05, 3.63) is 24.0 Å². The highest BCUT2D eigenvalue weighted by Crippen LogP contribution is 2.20. The molecule has 14 heavy (non-hydrogen) atoms. The van der Waals surface area contributed by atoms with Crippen molar-refractivity contribution in [1.29, 1.82) is 0 Å². The molecule has 0 saturated carbocycles. The lowest BCUT2D eigenvalue weighted by Crippen LogP contribution is -2.19. The van der Waals surface area contributed by atoms with E-state index in [0.717, 1.165) is 31.7 Å². The lowest BCUT2D eigenvalue weighted by molar-refractivity contribution is 0.131. The van der Waals surface area contributed by atoms with E-state index < -0.39 is 0 Å². The molecule has 0 bridgehead atoms. The Kier molecular flexibility index (Phi) is 3.14. The highest BCUT2D eigenvalue weighted by atomic mass is 35.5. The van der Waals surface area contributed by atoms with Gasteiger partial charge in [0.1, 0.15) is 11.9 Å². The van der Waals surface area contributed by atoms with E-state index in [1.807, 2.05) is 12.2 Å². The van der Waals surface area contributed by atoms with Crippen molar-refractivity contribution < 1.29 is 4.74 Å². The summed E-state index contributed by atoms with van der Waals surface area (Å²) in [5.41, 5.74) is 0. The Hall–Kier alpha value is -0.470. The molecule has 1 fully saturated rings. The summed E-state index contributed by atoms with van der Waals surface area (Å²) < 4.78 is 5.84. The number of allylic oxidation sites excluding steroid dienone is 3. The number of hydrogen-bond acceptors (Lipinski definition) is 2. The molecule has 0 spiro atoms. The van der Waals surface area contributed by atoms with Crippen LogP contribution in [0.5, 0.6) is 0 Å². The highest BCUT2D eigenvalue weighted by molar-refractivity contribution is 6.22. The maximum Gasteiger partial charge on any atom is 0.115 e. The van der Waals surface area contributed by atoms with Gasteiger partial charge in [0, 0.05) is 13.1 Å². The standard InChI is InChI=1S/C11H16ClNO/c1-13-7-6-11(8-13)14-10-4-2-9(12)3-5-10/h2,4-5,9,11H,3,6-8H2,1H3/t9?,11-/m0/s1. The third-order valence-electron chi connectivity index (χ3n) is 2.66. The van der Waals surface area contributed by atoms with Crippen LogP contribution in [0.1, 0.15) is 12.8 Å². The first-order valence-corrected chi connectivity index (χ1v) is 5.55. The molecule has 1 aliphatic carbocycles. The Morgan fingerprint density at radius 2 is 2.43 bits per heavy atom. The summed E-state index contributed by atoms with van der Waals surface area (Å²) in [5.74, 6) is 0.988. The molecule has 2 nitrogen and oxygen atoms in total. The first-order chi connectivity index (χ1) is 6.74. The minimum Gasteiger partial charge on any atom is -0.489 e. The topological polar surface area (TPSA) is 12.5 Å². The van der Waals surface area contributed by atoms with Gasteiger partial charge in [-0.25, -0.2) is 0 Å². The average molecular weight is 214 g/mol. The predicted octanol–water partition coefficient (Wildman–Crippen LogP) is 2.16. The van der Waals surface area contributed by atoms with Crippen LogP contribution in [0.25, 0.3) is 0 Å². The van der Waals surface area contributed by atoms with Crippen molar-refractivity contribution in [2.75, 3.05) is 20.1 Å². The quantitative estimate of drug-likeness (QED) is 0.652. The van der Waals surface area contributed by atoms with Crippen molar-refractivity contribution >= 4 is 11.6 Å². The number of rotatable bonds is 2. The van der Waals surface area contributed by atoms with Crippen LogP contribution in [-0.4, -0.2) is 36.5 Å². The molecule has 0 aromatic carbocycles. The van der Waals surface area contributed by atoms with Crippen LogP contribution in [0, 0.1) is 0 Å². The number of nitrogens with zero attached hydrogens (tertiary/aromatic N) is 1. The number of alkyl halides is 1. The summed E-state index contributed by atoms with van der Waals surface area (Å²) in [4.78, 5) is 2.29. The zero-order chi connectivity index (χ0) is 9.97. The zero-order valence-electron chi connectivity index (χ0n) is 8.45. The minimum atomic E-state index is 0.147. The van der Waals surface area contributed by atoms with Crippen molar-refractivity contribution in [3.63, 3.8) is 0 Å². The average Bonchev–Trinajstić information content (AvgIpc) is 2.56. The van der Waals surface area contributed by atoms with E-state index in [1.165, 1.54) is 0 Å². The smallest absolute Gasteiger partial charge is 0.115 e. The molecule has 2 rings (SSSR count). The van der Waals surface area contributed by atoms with E-state index in [2.05, 4.69) is 18.0 Å². The second-order valence-electron chi connectivity index (χ2n) is 4.01. The molecule has 2 aliphatic rings. The number of halogens is 1. The fourth-order valence-corrected chi connectivity index (χ4v) is 2.01. The summed E-state index contributed by atoms with van der Waals surface area (Å²) in [7, 11) is 2.13. The maximum atomic E-state index is 5.93. The van der Waals surface area contributed by atoms with Gasteiger partial charge in [-0.2, -0.15) is 0 Å². The molecule has 1 saturated heterocycles. The largest absolute Gasteiger partial charge is 0.489 e. The van der Waals surface area contributed by atoms with E-state index in [4.69, 9.17) is 16.3 Å². The van der Waals surface area contributed by atoms with Crippen LogP contribution >= 0.6 is 11.6 Å². The van der Waals surface area contributed by atoms with Gasteiger partial charge in [0.2, 0.25) is 0 Å². The van der Waals surface area contributed by atoms with E-state index in [1.54, 1.807) is 0 Å². The van der Waals surface area contributed by atoms with Gasteiger partial charge in [0.15, 0.2) is 0 Å². The first kappa shape index (κ1) is 10.1. The molecule has 0 aromatic heterocycles.